The number of nitrogens with one attached hydrogen (secondary N) is 1. The van der Waals surface area contributed by atoms with Gasteiger partial charge in [0.1, 0.15) is 11.0 Å². The fourth-order valence-corrected chi connectivity index (χ4v) is 4.63. The molecule has 170 valence electrons. The lowest BCUT2D eigenvalue weighted by Crippen LogP contribution is -2.49. The number of fused-ring (bicyclic) bond motifs is 3. The average Bonchev–Trinajstić information content (AvgIpc) is 3.19. The fraction of sp³-hybridized carbons (Fsp3) is 0.292. The van der Waals surface area contributed by atoms with Crippen molar-refractivity contribution < 1.29 is 4.79 Å². The molecule has 1 amide bonds. The minimum Gasteiger partial charge on any atom is -0.368 e. The van der Waals surface area contributed by atoms with Gasteiger partial charge in [0.05, 0.1) is 16.4 Å². The lowest BCUT2D eigenvalue weighted by molar-refractivity contribution is -0.131. The molecule has 0 bridgehead atoms. The molecule has 0 atom stereocenters. The Morgan fingerprint density at radius 3 is 2.61 bits per heavy atom. The van der Waals surface area contributed by atoms with Crippen molar-refractivity contribution in [1.82, 2.24) is 19.4 Å². The molecule has 2 aromatic carbocycles. The molecule has 1 N–H and O–H groups in total. The largest absolute Gasteiger partial charge is 0.368 e. The van der Waals surface area contributed by atoms with E-state index in [4.69, 9.17) is 23.2 Å². The molecule has 0 saturated carbocycles. The van der Waals surface area contributed by atoms with Crippen LogP contribution in [0, 0.1) is 6.92 Å². The van der Waals surface area contributed by atoms with Crippen molar-refractivity contribution >= 4 is 56.7 Å². The molecular formula is C24H23Cl2N5O2. The highest BCUT2D eigenvalue weighted by Gasteiger charge is 2.22. The molecule has 3 heterocycles. The van der Waals surface area contributed by atoms with E-state index in [2.05, 4.69) is 14.9 Å². The van der Waals surface area contributed by atoms with E-state index < -0.39 is 0 Å². The van der Waals surface area contributed by atoms with Crippen LogP contribution in [-0.4, -0.2) is 51.5 Å². The summed E-state index contributed by atoms with van der Waals surface area (Å²) in [5.74, 6) is 0.0306. The van der Waals surface area contributed by atoms with Crippen molar-refractivity contribution in [1.29, 1.82) is 0 Å². The van der Waals surface area contributed by atoms with Crippen LogP contribution in [0.1, 0.15) is 12.0 Å². The Morgan fingerprint density at radius 2 is 1.85 bits per heavy atom. The summed E-state index contributed by atoms with van der Waals surface area (Å²) >= 11 is 12.1. The highest BCUT2D eigenvalue weighted by atomic mass is 35.5. The average molecular weight is 484 g/mol. The third-order valence-electron chi connectivity index (χ3n) is 6.19. The molecule has 1 saturated heterocycles. The van der Waals surface area contributed by atoms with Gasteiger partial charge in [0.15, 0.2) is 0 Å². The summed E-state index contributed by atoms with van der Waals surface area (Å²) in [7, 11) is 0. The zero-order chi connectivity index (χ0) is 23.1. The number of nitrogens with zero attached hydrogens (tertiary/aromatic N) is 4. The Kier molecular flexibility index (Phi) is 5.76. The second-order valence-corrected chi connectivity index (χ2v) is 9.17. The summed E-state index contributed by atoms with van der Waals surface area (Å²) in [6, 6.07) is 11.6. The lowest BCUT2D eigenvalue weighted by Gasteiger charge is -2.36. The Bertz CT molecular complexity index is 1420. The fourth-order valence-electron chi connectivity index (χ4n) is 4.34. The summed E-state index contributed by atoms with van der Waals surface area (Å²) in [4.78, 5) is 37.5. The molecule has 7 nitrogen and oxygen atoms in total. The third-order valence-corrected chi connectivity index (χ3v) is 6.93. The number of aryl methyl sites for hydroxylation is 2. The highest BCUT2D eigenvalue weighted by Crippen LogP contribution is 2.28. The van der Waals surface area contributed by atoms with Crippen molar-refractivity contribution in [3.05, 3.63) is 68.7 Å². The van der Waals surface area contributed by atoms with Crippen LogP contribution in [0.4, 0.5) is 5.69 Å². The molecule has 0 spiro atoms. The van der Waals surface area contributed by atoms with E-state index in [0.717, 1.165) is 22.2 Å². The Hall–Kier alpha value is -3.03. The molecule has 4 aromatic rings. The van der Waals surface area contributed by atoms with Crippen LogP contribution in [0.25, 0.3) is 21.9 Å². The van der Waals surface area contributed by atoms with Crippen LogP contribution in [0.15, 0.2) is 47.5 Å². The number of benzene rings is 2. The van der Waals surface area contributed by atoms with Gasteiger partial charge in [-0.25, -0.2) is 4.98 Å². The van der Waals surface area contributed by atoms with E-state index in [-0.39, 0.29) is 17.9 Å². The number of hydrogen-bond acceptors (Lipinski definition) is 4. The number of piperazine rings is 1. The first kappa shape index (κ1) is 21.8. The smallest absolute Gasteiger partial charge is 0.277 e. The maximum atomic E-state index is 13.0. The van der Waals surface area contributed by atoms with Gasteiger partial charge >= 0.3 is 0 Å². The van der Waals surface area contributed by atoms with Gasteiger partial charge in [-0.3, -0.25) is 14.2 Å². The van der Waals surface area contributed by atoms with Gasteiger partial charge in [0.2, 0.25) is 5.91 Å². The number of carbonyl (C=O) groups excluding carboxylic acids is 1. The topological polar surface area (TPSA) is 74.2 Å². The Balaban J connectivity index is 1.24. The standard InChI is InChI=1S/C24H23Cl2N5O2/c1-15-2-4-17-20(12-15)28-23-22(17)27-14-31(24(23)33)7-6-21(32)30-10-8-29(9-11-30)16-3-5-18(25)19(26)13-16/h2-5,12-14,28H,6-11H2,1H3. The van der Waals surface area contributed by atoms with Gasteiger partial charge in [-0.15, -0.1) is 0 Å². The van der Waals surface area contributed by atoms with Crippen LogP contribution in [0.5, 0.6) is 0 Å². The summed E-state index contributed by atoms with van der Waals surface area (Å²) in [5.41, 5.74) is 3.97. The van der Waals surface area contributed by atoms with Gasteiger partial charge in [-0.05, 0) is 36.8 Å². The first-order chi connectivity index (χ1) is 15.9. The van der Waals surface area contributed by atoms with Crippen molar-refractivity contribution in [2.24, 2.45) is 0 Å². The molecule has 2 aromatic heterocycles. The first-order valence-electron chi connectivity index (χ1n) is 10.9. The summed E-state index contributed by atoms with van der Waals surface area (Å²) in [6.45, 7) is 4.96. The Labute approximate surface area is 200 Å². The van der Waals surface area contributed by atoms with Gasteiger partial charge in [0.25, 0.3) is 5.56 Å². The number of amides is 1. The van der Waals surface area contributed by atoms with E-state index >= 15 is 0 Å². The number of hydrogen-bond donors (Lipinski definition) is 1. The maximum absolute atomic E-state index is 13.0. The van der Waals surface area contributed by atoms with Crippen LogP contribution in [-0.2, 0) is 11.3 Å². The Morgan fingerprint density at radius 1 is 1.06 bits per heavy atom. The van der Waals surface area contributed by atoms with Crippen LogP contribution < -0.4 is 10.5 Å². The predicted octanol–water partition coefficient (Wildman–Crippen LogP) is 4.23. The number of carbonyl (C=O) groups is 1. The van der Waals surface area contributed by atoms with E-state index in [1.807, 2.05) is 42.2 Å². The number of aromatic amines is 1. The van der Waals surface area contributed by atoms with Crippen LogP contribution in [0.2, 0.25) is 10.0 Å². The second-order valence-electron chi connectivity index (χ2n) is 8.36. The van der Waals surface area contributed by atoms with E-state index in [0.29, 0.717) is 53.8 Å². The molecule has 1 aliphatic heterocycles. The highest BCUT2D eigenvalue weighted by molar-refractivity contribution is 6.42. The van der Waals surface area contributed by atoms with Crippen molar-refractivity contribution in [2.75, 3.05) is 31.1 Å². The summed E-state index contributed by atoms with van der Waals surface area (Å²) < 4.78 is 1.51. The number of halogens is 2. The zero-order valence-electron chi connectivity index (χ0n) is 18.1. The molecule has 0 unspecified atom stereocenters. The molecular weight excluding hydrogens is 461 g/mol. The molecule has 0 aliphatic carbocycles. The van der Waals surface area contributed by atoms with E-state index in [9.17, 15) is 9.59 Å². The molecule has 0 radical (unpaired) electrons. The van der Waals surface area contributed by atoms with Crippen LogP contribution in [0.3, 0.4) is 0 Å². The van der Waals surface area contributed by atoms with Gasteiger partial charge in [-0.2, -0.15) is 0 Å². The quantitative estimate of drug-likeness (QED) is 0.471. The van der Waals surface area contributed by atoms with Gasteiger partial charge in [-0.1, -0.05) is 35.3 Å². The predicted molar refractivity (Wildman–Crippen MR) is 132 cm³/mol. The number of H-pyrrole nitrogens is 1. The monoisotopic (exact) mass is 483 g/mol. The normalized spacial score (nSPS) is 14.4. The number of anilines is 1. The van der Waals surface area contributed by atoms with Gasteiger partial charge in [0, 0.05) is 55.7 Å². The summed E-state index contributed by atoms with van der Waals surface area (Å²) in [6.07, 6.45) is 1.78. The molecule has 33 heavy (non-hydrogen) atoms. The SMILES string of the molecule is Cc1ccc2c(c1)[nH]c1c(=O)n(CCC(=O)N3CCN(c4ccc(Cl)c(Cl)c4)CC3)cnc12. The minimum absolute atomic E-state index is 0.0306. The van der Waals surface area contributed by atoms with Crippen molar-refractivity contribution in [3.8, 4) is 0 Å². The minimum atomic E-state index is -0.161. The first-order valence-corrected chi connectivity index (χ1v) is 11.6. The van der Waals surface area contributed by atoms with Gasteiger partial charge < -0.3 is 14.8 Å². The number of aromatic nitrogens is 3. The molecule has 5 rings (SSSR count). The third kappa shape index (κ3) is 4.18. The zero-order valence-corrected chi connectivity index (χ0v) is 19.7. The lowest BCUT2D eigenvalue weighted by atomic mass is 10.2. The van der Waals surface area contributed by atoms with E-state index in [1.54, 1.807) is 6.07 Å². The number of rotatable bonds is 4. The summed E-state index contributed by atoms with van der Waals surface area (Å²) in [5, 5.41) is 1.98. The molecule has 1 aliphatic rings. The molecule has 9 heteroatoms. The van der Waals surface area contributed by atoms with E-state index in [1.165, 1.54) is 10.9 Å². The van der Waals surface area contributed by atoms with Crippen molar-refractivity contribution in [2.45, 2.75) is 19.9 Å². The van der Waals surface area contributed by atoms with Crippen LogP contribution >= 0.6 is 23.2 Å². The second kappa shape index (κ2) is 8.72. The van der Waals surface area contributed by atoms with Crippen molar-refractivity contribution in [3.63, 3.8) is 0 Å². The maximum Gasteiger partial charge on any atom is 0.277 e. The molecule has 1 fully saturated rings.